The lowest BCUT2D eigenvalue weighted by Crippen LogP contribution is -2.53. The molecule has 3 unspecified atom stereocenters. The Balaban J connectivity index is 2.07. The summed E-state index contributed by atoms with van der Waals surface area (Å²) >= 11 is 0. The molecule has 1 aromatic carbocycles. The number of benzene rings is 1. The van der Waals surface area contributed by atoms with Crippen molar-refractivity contribution in [2.45, 2.75) is 51.8 Å². The normalized spacial score (nSPS) is 18.1. The van der Waals surface area contributed by atoms with E-state index in [1.807, 2.05) is 44.2 Å². The maximum Gasteiger partial charge on any atom is 0.245 e. The van der Waals surface area contributed by atoms with Crippen molar-refractivity contribution in [3.8, 4) is 0 Å². The Morgan fingerprint density at radius 1 is 1.09 bits per heavy atom. The average Bonchev–Trinajstić information content (AvgIpc) is 3.34. The summed E-state index contributed by atoms with van der Waals surface area (Å²) in [6.45, 7) is 5.57. The molecule has 1 aliphatic rings. The Bertz CT molecular complexity index is 538. The molecule has 0 spiro atoms. The molecule has 0 saturated heterocycles. The maximum atomic E-state index is 12.6. The lowest BCUT2D eigenvalue weighted by molar-refractivity contribution is -0.132. The van der Waals surface area contributed by atoms with Gasteiger partial charge in [0.1, 0.15) is 6.04 Å². The average molecular weight is 318 g/mol. The molecular formula is C18H26N2O3. The highest BCUT2D eigenvalue weighted by molar-refractivity contribution is 5.90. The van der Waals surface area contributed by atoms with Gasteiger partial charge in [-0.25, -0.2) is 0 Å². The number of carbonyl (C=O) groups is 2. The Morgan fingerprint density at radius 3 is 2.17 bits per heavy atom. The maximum absolute atomic E-state index is 12.6. The van der Waals surface area contributed by atoms with Crippen molar-refractivity contribution in [3.63, 3.8) is 0 Å². The van der Waals surface area contributed by atoms with Gasteiger partial charge in [0.05, 0.1) is 12.1 Å². The lowest BCUT2D eigenvalue weighted by atomic mass is 9.95. The quantitative estimate of drug-likeness (QED) is 0.717. The summed E-state index contributed by atoms with van der Waals surface area (Å²) in [5, 5.41) is 15.5. The van der Waals surface area contributed by atoms with Gasteiger partial charge in [0.25, 0.3) is 0 Å². The summed E-state index contributed by atoms with van der Waals surface area (Å²) in [6.07, 6.45) is 0.776. The van der Waals surface area contributed by atoms with Gasteiger partial charge in [-0.05, 0) is 31.2 Å². The highest BCUT2D eigenvalue weighted by Crippen LogP contribution is 2.29. The molecule has 1 aliphatic carbocycles. The van der Waals surface area contributed by atoms with Crippen molar-refractivity contribution >= 4 is 11.8 Å². The van der Waals surface area contributed by atoms with Crippen LogP contribution in [-0.2, 0) is 9.59 Å². The van der Waals surface area contributed by atoms with Gasteiger partial charge in [-0.15, -0.1) is 0 Å². The number of rotatable bonds is 7. The number of carbonyl (C=O) groups excluding carboxylic acids is 2. The fourth-order valence-corrected chi connectivity index (χ4v) is 2.56. The zero-order valence-corrected chi connectivity index (χ0v) is 14.0. The number of hydrogen-bond donors (Lipinski definition) is 3. The highest BCUT2D eigenvalue weighted by atomic mass is 16.3. The van der Waals surface area contributed by atoms with E-state index < -0.39 is 12.1 Å². The molecule has 0 heterocycles. The summed E-state index contributed by atoms with van der Waals surface area (Å²) in [5.74, 6) is -0.308. The van der Waals surface area contributed by atoms with Crippen LogP contribution >= 0.6 is 0 Å². The Morgan fingerprint density at radius 2 is 1.70 bits per heavy atom. The molecule has 0 aromatic heterocycles. The molecule has 0 bridgehead atoms. The van der Waals surface area contributed by atoms with E-state index in [9.17, 15) is 14.7 Å². The Hall–Kier alpha value is -1.88. The second-order valence-corrected chi connectivity index (χ2v) is 6.64. The van der Waals surface area contributed by atoms with Crippen molar-refractivity contribution in [1.82, 2.24) is 10.6 Å². The van der Waals surface area contributed by atoms with Crippen LogP contribution in [0.5, 0.6) is 0 Å². The molecule has 5 nitrogen and oxygen atoms in total. The SMILES string of the molecule is CC(C)C(NC(=O)C(NC(=O)C1CC1)C(C)O)c1ccccc1. The van der Waals surface area contributed by atoms with Gasteiger partial charge in [0, 0.05) is 5.92 Å². The van der Waals surface area contributed by atoms with Crippen LogP contribution in [0.25, 0.3) is 0 Å². The molecule has 0 radical (unpaired) electrons. The molecule has 3 atom stereocenters. The second-order valence-electron chi connectivity index (χ2n) is 6.64. The topological polar surface area (TPSA) is 78.4 Å². The third kappa shape index (κ3) is 4.79. The van der Waals surface area contributed by atoms with Crippen molar-refractivity contribution in [1.29, 1.82) is 0 Å². The summed E-state index contributed by atoms with van der Waals surface area (Å²) in [4.78, 5) is 24.5. The van der Waals surface area contributed by atoms with Crippen molar-refractivity contribution < 1.29 is 14.7 Å². The van der Waals surface area contributed by atoms with Crippen LogP contribution in [0.15, 0.2) is 30.3 Å². The van der Waals surface area contributed by atoms with Crippen LogP contribution in [0.1, 0.15) is 45.2 Å². The first-order valence-electron chi connectivity index (χ1n) is 8.24. The van der Waals surface area contributed by atoms with Crippen molar-refractivity contribution in [2.75, 3.05) is 0 Å². The predicted molar refractivity (Wildman–Crippen MR) is 88.5 cm³/mol. The van der Waals surface area contributed by atoms with Gasteiger partial charge in [0.15, 0.2) is 0 Å². The van der Waals surface area contributed by atoms with E-state index in [0.717, 1.165) is 18.4 Å². The minimum atomic E-state index is -0.943. The standard InChI is InChI=1S/C18H26N2O3/c1-11(2)15(13-7-5-4-6-8-13)19-18(23)16(12(3)21)20-17(22)14-9-10-14/h4-8,11-12,14-16,21H,9-10H2,1-3H3,(H,19,23)(H,20,22). The first-order valence-corrected chi connectivity index (χ1v) is 8.24. The van der Waals surface area contributed by atoms with Crippen LogP contribution in [0.3, 0.4) is 0 Å². The largest absolute Gasteiger partial charge is 0.391 e. The highest BCUT2D eigenvalue weighted by Gasteiger charge is 2.35. The minimum absolute atomic E-state index is 0.000862. The summed E-state index contributed by atoms with van der Waals surface area (Å²) < 4.78 is 0. The molecular weight excluding hydrogens is 292 g/mol. The van der Waals surface area contributed by atoms with Crippen molar-refractivity contribution in [2.24, 2.45) is 11.8 Å². The van der Waals surface area contributed by atoms with Gasteiger partial charge in [0.2, 0.25) is 11.8 Å². The van der Waals surface area contributed by atoms with Crippen LogP contribution in [0.2, 0.25) is 0 Å². The van der Waals surface area contributed by atoms with E-state index in [4.69, 9.17) is 0 Å². The fraction of sp³-hybridized carbons (Fsp3) is 0.556. The zero-order valence-electron chi connectivity index (χ0n) is 14.0. The van der Waals surface area contributed by atoms with E-state index >= 15 is 0 Å². The fourth-order valence-electron chi connectivity index (χ4n) is 2.56. The zero-order chi connectivity index (χ0) is 17.0. The van der Waals surface area contributed by atoms with E-state index in [0.29, 0.717) is 0 Å². The molecule has 3 N–H and O–H groups in total. The molecule has 1 aromatic rings. The van der Waals surface area contributed by atoms with E-state index in [1.54, 1.807) is 0 Å². The molecule has 126 valence electrons. The van der Waals surface area contributed by atoms with Crippen LogP contribution in [-0.4, -0.2) is 29.1 Å². The third-order valence-electron chi connectivity index (χ3n) is 4.13. The van der Waals surface area contributed by atoms with Crippen LogP contribution in [0.4, 0.5) is 0 Å². The molecule has 2 rings (SSSR count). The number of amides is 2. The van der Waals surface area contributed by atoms with Gasteiger partial charge >= 0.3 is 0 Å². The first kappa shape index (κ1) is 17.5. The van der Waals surface area contributed by atoms with Gasteiger partial charge in [-0.3, -0.25) is 9.59 Å². The van der Waals surface area contributed by atoms with E-state index in [2.05, 4.69) is 10.6 Å². The van der Waals surface area contributed by atoms with E-state index in [-0.39, 0.29) is 29.7 Å². The lowest BCUT2D eigenvalue weighted by Gasteiger charge is -2.27. The van der Waals surface area contributed by atoms with Gasteiger partial charge in [-0.1, -0.05) is 44.2 Å². The number of aliphatic hydroxyl groups excluding tert-OH is 1. The van der Waals surface area contributed by atoms with E-state index in [1.165, 1.54) is 6.92 Å². The molecule has 0 aliphatic heterocycles. The third-order valence-corrected chi connectivity index (χ3v) is 4.13. The number of hydrogen-bond acceptors (Lipinski definition) is 3. The second kappa shape index (κ2) is 7.59. The smallest absolute Gasteiger partial charge is 0.245 e. The first-order chi connectivity index (χ1) is 10.9. The summed E-state index contributed by atoms with van der Waals surface area (Å²) in [5.41, 5.74) is 1.01. The number of aliphatic hydroxyl groups is 1. The van der Waals surface area contributed by atoms with Crippen LogP contribution in [0, 0.1) is 11.8 Å². The summed E-state index contributed by atoms with van der Waals surface area (Å²) in [7, 11) is 0. The molecule has 1 fully saturated rings. The van der Waals surface area contributed by atoms with Crippen LogP contribution < -0.4 is 10.6 Å². The van der Waals surface area contributed by atoms with Crippen molar-refractivity contribution in [3.05, 3.63) is 35.9 Å². The monoisotopic (exact) mass is 318 g/mol. The predicted octanol–water partition coefficient (Wildman–Crippen LogP) is 1.78. The molecule has 23 heavy (non-hydrogen) atoms. The van der Waals surface area contributed by atoms with Gasteiger partial charge in [-0.2, -0.15) is 0 Å². The molecule has 2 amide bonds. The minimum Gasteiger partial charge on any atom is -0.391 e. The molecule has 5 heteroatoms. The van der Waals surface area contributed by atoms with Gasteiger partial charge < -0.3 is 15.7 Å². The Kier molecular flexibility index (Phi) is 5.77. The molecule has 1 saturated carbocycles. The number of nitrogens with one attached hydrogen (secondary N) is 2. The summed E-state index contributed by atoms with van der Waals surface area (Å²) in [6, 6.07) is 8.62. The Labute approximate surface area is 137 Å².